The molecule has 4 rings (SSSR count). The summed E-state index contributed by atoms with van der Waals surface area (Å²) in [5, 5.41) is 3.14. The molecule has 0 bridgehead atoms. The van der Waals surface area contributed by atoms with E-state index in [0.717, 1.165) is 42.8 Å². The van der Waals surface area contributed by atoms with Crippen molar-refractivity contribution in [1.29, 1.82) is 0 Å². The van der Waals surface area contributed by atoms with E-state index in [2.05, 4.69) is 53.0 Å². The van der Waals surface area contributed by atoms with Crippen LogP contribution < -0.4 is 5.32 Å². The predicted molar refractivity (Wildman–Crippen MR) is 116 cm³/mol. The monoisotopic (exact) mass is 387 g/mol. The molecule has 2 heterocycles. The van der Waals surface area contributed by atoms with Crippen LogP contribution in [-0.4, -0.2) is 22.0 Å². The van der Waals surface area contributed by atoms with Crippen molar-refractivity contribution in [2.75, 3.05) is 6.54 Å². The van der Waals surface area contributed by atoms with Gasteiger partial charge in [-0.25, -0.2) is 0 Å². The Bertz CT molecular complexity index is 1000. The topological polar surface area (TPSA) is 46.9 Å². The van der Waals surface area contributed by atoms with E-state index in [9.17, 15) is 4.79 Å². The molecular formula is C25H29N3O. The second-order valence-electron chi connectivity index (χ2n) is 7.95. The molecule has 0 spiro atoms. The summed E-state index contributed by atoms with van der Waals surface area (Å²) in [6.45, 7) is 5.61. The van der Waals surface area contributed by atoms with Crippen LogP contribution in [-0.2, 0) is 25.8 Å². The number of fused-ring (bicyclic) bond motifs is 1. The van der Waals surface area contributed by atoms with Gasteiger partial charge in [0.15, 0.2) is 0 Å². The first-order chi connectivity index (χ1) is 14.1. The molecule has 2 aromatic heterocycles. The number of amides is 1. The zero-order chi connectivity index (χ0) is 20.2. The van der Waals surface area contributed by atoms with E-state index in [1.165, 1.54) is 35.2 Å². The third-order valence-corrected chi connectivity index (χ3v) is 6.04. The number of hydrogen-bond acceptors (Lipinski definition) is 2. The molecule has 0 saturated heterocycles. The Labute approximate surface area is 173 Å². The van der Waals surface area contributed by atoms with Crippen LogP contribution in [0.5, 0.6) is 0 Å². The lowest BCUT2D eigenvalue weighted by molar-refractivity contribution is 0.0944. The van der Waals surface area contributed by atoms with E-state index in [0.29, 0.717) is 6.54 Å². The van der Waals surface area contributed by atoms with Crippen LogP contribution in [0.25, 0.3) is 0 Å². The van der Waals surface area contributed by atoms with Gasteiger partial charge in [-0.05, 0) is 73.9 Å². The number of aryl methyl sites for hydroxylation is 1. The average Bonchev–Trinajstić information content (AvgIpc) is 3.02. The molecule has 1 aromatic carbocycles. The molecule has 0 radical (unpaired) electrons. The summed E-state index contributed by atoms with van der Waals surface area (Å²) in [4.78, 5) is 17.6. The van der Waals surface area contributed by atoms with Crippen LogP contribution in [0, 0.1) is 13.8 Å². The van der Waals surface area contributed by atoms with Gasteiger partial charge < -0.3 is 9.88 Å². The maximum Gasteiger partial charge on any atom is 0.268 e. The minimum absolute atomic E-state index is 0.0291. The Hall–Kier alpha value is -2.88. The number of nitrogens with one attached hydrogen (secondary N) is 1. The molecule has 4 heteroatoms. The smallest absolute Gasteiger partial charge is 0.268 e. The fraction of sp³-hybridized carbons (Fsp3) is 0.360. The van der Waals surface area contributed by atoms with E-state index in [-0.39, 0.29) is 5.91 Å². The van der Waals surface area contributed by atoms with Gasteiger partial charge in [-0.3, -0.25) is 9.78 Å². The molecule has 0 aliphatic heterocycles. The van der Waals surface area contributed by atoms with Crippen molar-refractivity contribution in [2.45, 2.75) is 52.5 Å². The van der Waals surface area contributed by atoms with Crippen LogP contribution in [0.3, 0.4) is 0 Å². The van der Waals surface area contributed by atoms with Crippen molar-refractivity contribution in [3.8, 4) is 0 Å². The van der Waals surface area contributed by atoms with Crippen LogP contribution in [0.15, 0.2) is 48.7 Å². The molecule has 0 atom stereocenters. The minimum Gasteiger partial charge on any atom is -0.350 e. The Morgan fingerprint density at radius 3 is 2.66 bits per heavy atom. The minimum atomic E-state index is 0.0291. The third-order valence-electron chi connectivity index (χ3n) is 6.04. The van der Waals surface area contributed by atoms with Crippen LogP contribution in [0.4, 0.5) is 0 Å². The fourth-order valence-corrected chi connectivity index (χ4v) is 4.43. The molecule has 1 aliphatic rings. The van der Waals surface area contributed by atoms with Crippen molar-refractivity contribution in [1.82, 2.24) is 14.9 Å². The summed E-state index contributed by atoms with van der Waals surface area (Å²) in [7, 11) is 0. The quantitative estimate of drug-likeness (QED) is 0.681. The van der Waals surface area contributed by atoms with Gasteiger partial charge in [-0.2, -0.15) is 0 Å². The van der Waals surface area contributed by atoms with Crippen LogP contribution in [0.2, 0.25) is 0 Å². The number of hydrogen-bond donors (Lipinski definition) is 1. The SMILES string of the molecule is Cc1ccccc1Cn1c2c(c(C)c1C(=O)NCCc1ccccn1)CCCC2. The molecule has 1 aliphatic carbocycles. The van der Waals surface area contributed by atoms with Gasteiger partial charge in [-0.15, -0.1) is 0 Å². The van der Waals surface area contributed by atoms with Gasteiger partial charge in [-0.1, -0.05) is 30.3 Å². The van der Waals surface area contributed by atoms with E-state index in [1.807, 2.05) is 18.2 Å². The highest BCUT2D eigenvalue weighted by molar-refractivity contribution is 5.95. The standard InChI is InChI=1S/C25H29N3O/c1-18-9-3-4-10-20(18)17-28-23-13-6-5-12-22(23)19(2)24(28)25(29)27-16-14-21-11-7-8-15-26-21/h3-4,7-11,15H,5-6,12-14,16-17H2,1-2H3,(H,27,29). The largest absolute Gasteiger partial charge is 0.350 e. The normalized spacial score (nSPS) is 13.2. The second kappa shape index (κ2) is 8.64. The number of nitrogens with zero attached hydrogens (tertiary/aromatic N) is 2. The van der Waals surface area contributed by atoms with Crippen molar-refractivity contribution in [2.24, 2.45) is 0 Å². The highest BCUT2D eigenvalue weighted by Crippen LogP contribution is 2.30. The zero-order valence-corrected chi connectivity index (χ0v) is 17.4. The number of carbonyl (C=O) groups excluding carboxylic acids is 1. The highest BCUT2D eigenvalue weighted by Gasteiger charge is 2.26. The van der Waals surface area contributed by atoms with E-state index >= 15 is 0 Å². The number of pyridine rings is 1. The zero-order valence-electron chi connectivity index (χ0n) is 17.4. The molecule has 0 unspecified atom stereocenters. The van der Waals surface area contributed by atoms with E-state index < -0.39 is 0 Å². The van der Waals surface area contributed by atoms with Gasteiger partial charge in [0.2, 0.25) is 0 Å². The first kappa shape index (κ1) is 19.4. The summed E-state index contributed by atoms with van der Waals surface area (Å²) in [5.41, 5.74) is 8.28. The van der Waals surface area contributed by atoms with Crippen molar-refractivity contribution in [3.05, 3.63) is 88.0 Å². The van der Waals surface area contributed by atoms with Gasteiger partial charge in [0.05, 0.1) is 0 Å². The van der Waals surface area contributed by atoms with E-state index in [1.54, 1.807) is 6.20 Å². The maximum atomic E-state index is 13.2. The molecule has 29 heavy (non-hydrogen) atoms. The molecule has 4 nitrogen and oxygen atoms in total. The van der Waals surface area contributed by atoms with Crippen LogP contribution >= 0.6 is 0 Å². The molecule has 0 saturated carbocycles. The summed E-state index contributed by atoms with van der Waals surface area (Å²) in [6, 6.07) is 14.4. The highest BCUT2D eigenvalue weighted by atomic mass is 16.1. The molecule has 1 amide bonds. The lowest BCUT2D eigenvalue weighted by atomic mass is 9.95. The Morgan fingerprint density at radius 2 is 1.86 bits per heavy atom. The summed E-state index contributed by atoms with van der Waals surface area (Å²) < 4.78 is 2.28. The Kier molecular flexibility index (Phi) is 5.79. The first-order valence-electron chi connectivity index (χ1n) is 10.6. The van der Waals surface area contributed by atoms with Gasteiger partial charge >= 0.3 is 0 Å². The summed E-state index contributed by atoms with van der Waals surface area (Å²) >= 11 is 0. The number of carbonyl (C=O) groups is 1. The molecule has 0 fully saturated rings. The molecular weight excluding hydrogens is 358 g/mol. The third kappa shape index (κ3) is 4.12. The Morgan fingerprint density at radius 1 is 1.07 bits per heavy atom. The number of rotatable bonds is 6. The van der Waals surface area contributed by atoms with Crippen molar-refractivity contribution >= 4 is 5.91 Å². The predicted octanol–water partition coefficient (Wildman–Crippen LogP) is 4.40. The molecule has 1 N–H and O–H groups in total. The summed E-state index contributed by atoms with van der Waals surface area (Å²) in [5.74, 6) is 0.0291. The number of benzene rings is 1. The van der Waals surface area contributed by atoms with Gasteiger partial charge in [0.25, 0.3) is 5.91 Å². The van der Waals surface area contributed by atoms with Gasteiger partial charge in [0.1, 0.15) is 5.69 Å². The van der Waals surface area contributed by atoms with Crippen molar-refractivity contribution < 1.29 is 4.79 Å². The average molecular weight is 388 g/mol. The van der Waals surface area contributed by atoms with Crippen molar-refractivity contribution in [3.63, 3.8) is 0 Å². The first-order valence-corrected chi connectivity index (χ1v) is 10.6. The lowest BCUT2D eigenvalue weighted by Gasteiger charge is -2.18. The Balaban J connectivity index is 1.60. The lowest BCUT2D eigenvalue weighted by Crippen LogP contribution is -2.29. The summed E-state index contributed by atoms with van der Waals surface area (Å²) in [6.07, 6.45) is 7.08. The maximum absolute atomic E-state index is 13.2. The molecule has 3 aromatic rings. The molecule has 150 valence electrons. The number of aromatic nitrogens is 2. The van der Waals surface area contributed by atoms with E-state index in [4.69, 9.17) is 0 Å². The fourth-order valence-electron chi connectivity index (χ4n) is 4.43. The second-order valence-corrected chi connectivity index (χ2v) is 7.95. The van der Waals surface area contributed by atoms with Crippen LogP contribution in [0.1, 0.15) is 57.0 Å². The van der Waals surface area contributed by atoms with Gasteiger partial charge in [0, 0.05) is 37.1 Å².